The Morgan fingerprint density at radius 1 is 1.10 bits per heavy atom. The Balaban J connectivity index is 1.42. The Morgan fingerprint density at radius 3 is 2.26 bits per heavy atom. The number of halogens is 3. The SMILES string of the molecule is O=C(OCC(F)(F)F)N1CCC(C(=O)N2CCC(NS(=O)(=O)c3cccs3)CC2)CC1. The smallest absolute Gasteiger partial charge is 0.422 e. The number of hydrogen-bond acceptors (Lipinski definition) is 6. The van der Waals surface area contributed by atoms with Crippen molar-refractivity contribution in [1.82, 2.24) is 14.5 Å². The van der Waals surface area contributed by atoms with Gasteiger partial charge < -0.3 is 14.5 Å². The van der Waals surface area contributed by atoms with E-state index in [1.807, 2.05) is 0 Å². The fraction of sp³-hybridized carbons (Fsp3) is 0.667. The first-order valence-electron chi connectivity index (χ1n) is 9.88. The lowest BCUT2D eigenvalue weighted by atomic mass is 9.94. The fourth-order valence-corrected chi connectivity index (χ4v) is 6.03. The number of rotatable bonds is 5. The van der Waals surface area contributed by atoms with Crippen molar-refractivity contribution in [3.05, 3.63) is 17.5 Å². The number of amides is 2. The van der Waals surface area contributed by atoms with Crippen molar-refractivity contribution in [3.63, 3.8) is 0 Å². The molecule has 31 heavy (non-hydrogen) atoms. The molecule has 0 saturated carbocycles. The molecule has 174 valence electrons. The van der Waals surface area contributed by atoms with E-state index in [1.165, 1.54) is 11.0 Å². The van der Waals surface area contributed by atoms with Crippen molar-refractivity contribution in [2.24, 2.45) is 5.92 Å². The average Bonchev–Trinajstić information content (AvgIpc) is 3.27. The van der Waals surface area contributed by atoms with Crippen molar-refractivity contribution in [1.29, 1.82) is 0 Å². The molecular weight excluding hydrogens is 459 g/mol. The van der Waals surface area contributed by atoms with Gasteiger partial charge in [0.2, 0.25) is 15.9 Å². The third kappa shape index (κ3) is 6.56. The van der Waals surface area contributed by atoms with E-state index in [0.29, 0.717) is 38.8 Å². The lowest BCUT2D eigenvalue weighted by Crippen LogP contribution is -2.50. The molecule has 2 fully saturated rings. The van der Waals surface area contributed by atoms with Crippen LogP contribution in [0.4, 0.5) is 18.0 Å². The summed E-state index contributed by atoms with van der Waals surface area (Å²) in [5.41, 5.74) is 0. The summed E-state index contributed by atoms with van der Waals surface area (Å²) in [5, 5.41) is 1.69. The number of alkyl halides is 3. The fourth-order valence-electron chi connectivity index (χ4n) is 3.71. The topological polar surface area (TPSA) is 96.0 Å². The number of carbonyl (C=O) groups is 2. The summed E-state index contributed by atoms with van der Waals surface area (Å²) < 4.78 is 68.3. The predicted octanol–water partition coefficient (Wildman–Crippen LogP) is 2.43. The third-order valence-electron chi connectivity index (χ3n) is 5.35. The Hall–Kier alpha value is -1.86. The second-order valence-corrected chi connectivity index (χ2v) is 10.5. The molecule has 1 aromatic rings. The first-order chi connectivity index (χ1) is 14.5. The van der Waals surface area contributed by atoms with Crippen LogP contribution in [0.2, 0.25) is 0 Å². The van der Waals surface area contributed by atoms with Gasteiger partial charge in [-0.05, 0) is 37.1 Å². The molecule has 2 aliphatic rings. The Morgan fingerprint density at radius 2 is 1.71 bits per heavy atom. The van der Waals surface area contributed by atoms with Gasteiger partial charge in [0, 0.05) is 38.1 Å². The molecule has 13 heteroatoms. The molecule has 2 aliphatic heterocycles. The standard InChI is InChI=1S/C18H24F3N3O5S2/c19-18(20,21)12-29-17(26)24-7-3-13(4-8-24)16(25)23-9-5-14(6-10-23)22-31(27,28)15-2-1-11-30-15/h1-2,11,13-14,22H,3-10,12H2. The lowest BCUT2D eigenvalue weighted by Gasteiger charge is -2.37. The molecule has 0 spiro atoms. The van der Waals surface area contributed by atoms with E-state index in [9.17, 15) is 31.2 Å². The molecule has 2 amide bonds. The number of ether oxygens (including phenoxy) is 1. The molecule has 3 rings (SSSR count). The minimum atomic E-state index is -4.58. The molecule has 0 aromatic carbocycles. The largest absolute Gasteiger partial charge is 0.440 e. The second-order valence-electron chi connectivity index (χ2n) is 7.58. The van der Waals surface area contributed by atoms with E-state index in [2.05, 4.69) is 9.46 Å². The second kappa shape index (κ2) is 9.74. The monoisotopic (exact) mass is 483 g/mol. The molecule has 0 atom stereocenters. The predicted molar refractivity (Wildman–Crippen MR) is 106 cm³/mol. The van der Waals surface area contributed by atoms with E-state index >= 15 is 0 Å². The molecule has 0 unspecified atom stereocenters. The zero-order chi connectivity index (χ0) is 22.6. The Labute approximate surface area is 182 Å². The van der Waals surface area contributed by atoms with E-state index in [-0.39, 0.29) is 35.2 Å². The molecule has 0 bridgehead atoms. The van der Waals surface area contributed by atoms with E-state index in [4.69, 9.17) is 0 Å². The van der Waals surface area contributed by atoms with Crippen molar-refractivity contribution >= 4 is 33.4 Å². The summed E-state index contributed by atoms with van der Waals surface area (Å²) in [4.78, 5) is 27.4. The van der Waals surface area contributed by atoms with Gasteiger partial charge in [0.05, 0.1) is 0 Å². The molecule has 0 aliphatic carbocycles. The van der Waals surface area contributed by atoms with Crippen molar-refractivity contribution in [2.75, 3.05) is 32.8 Å². The normalized spacial score (nSPS) is 19.5. The summed E-state index contributed by atoms with van der Waals surface area (Å²) in [6, 6.07) is 2.96. The number of likely N-dealkylation sites (tertiary alicyclic amines) is 2. The molecule has 1 N–H and O–H groups in total. The van der Waals surface area contributed by atoms with Gasteiger partial charge in [0.1, 0.15) is 4.21 Å². The molecule has 3 heterocycles. The van der Waals surface area contributed by atoms with E-state index < -0.39 is 28.9 Å². The first kappa shape index (κ1) is 23.8. The van der Waals surface area contributed by atoms with Crippen LogP contribution in [0.15, 0.2) is 21.7 Å². The van der Waals surface area contributed by atoms with Crippen LogP contribution >= 0.6 is 11.3 Å². The van der Waals surface area contributed by atoms with Crippen LogP contribution in [-0.4, -0.2) is 75.2 Å². The number of nitrogens with zero attached hydrogens (tertiary/aromatic N) is 2. The highest BCUT2D eigenvalue weighted by molar-refractivity contribution is 7.91. The quantitative estimate of drug-likeness (QED) is 0.694. The van der Waals surface area contributed by atoms with Gasteiger partial charge in [-0.25, -0.2) is 17.9 Å². The first-order valence-corrected chi connectivity index (χ1v) is 12.2. The van der Waals surface area contributed by atoms with Gasteiger partial charge in [-0.3, -0.25) is 4.79 Å². The van der Waals surface area contributed by atoms with Gasteiger partial charge in [-0.15, -0.1) is 11.3 Å². The summed E-state index contributed by atoms with van der Waals surface area (Å²) in [6.07, 6.45) is -3.90. The Bertz CT molecular complexity index is 861. The molecule has 1 aromatic heterocycles. The van der Waals surface area contributed by atoms with Gasteiger partial charge in [0.15, 0.2) is 6.61 Å². The maximum absolute atomic E-state index is 12.8. The minimum absolute atomic E-state index is 0.0668. The number of sulfonamides is 1. The lowest BCUT2D eigenvalue weighted by molar-refractivity contribution is -0.162. The summed E-state index contributed by atoms with van der Waals surface area (Å²) in [5.74, 6) is -0.381. The van der Waals surface area contributed by atoms with Crippen LogP contribution in [0.25, 0.3) is 0 Å². The van der Waals surface area contributed by atoms with Gasteiger partial charge in [-0.1, -0.05) is 6.07 Å². The molecule has 2 saturated heterocycles. The highest BCUT2D eigenvalue weighted by Gasteiger charge is 2.35. The Kier molecular flexibility index (Phi) is 7.47. The van der Waals surface area contributed by atoms with E-state index in [1.54, 1.807) is 16.3 Å². The van der Waals surface area contributed by atoms with Crippen LogP contribution in [0.5, 0.6) is 0 Å². The molecular formula is C18H24F3N3O5S2. The number of thiophene rings is 1. The number of carbonyl (C=O) groups excluding carboxylic acids is 2. The summed E-state index contributed by atoms with van der Waals surface area (Å²) in [6.45, 7) is -0.473. The summed E-state index contributed by atoms with van der Waals surface area (Å²) in [7, 11) is -3.56. The van der Waals surface area contributed by atoms with Gasteiger partial charge in [-0.2, -0.15) is 13.2 Å². The summed E-state index contributed by atoms with van der Waals surface area (Å²) >= 11 is 1.14. The number of piperidine rings is 2. The maximum Gasteiger partial charge on any atom is 0.422 e. The van der Waals surface area contributed by atoms with Crippen LogP contribution in [0.1, 0.15) is 25.7 Å². The average molecular weight is 484 g/mol. The van der Waals surface area contributed by atoms with E-state index in [0.717, 1.165) is 11.3 Å². The van der Waals surface area contributed by atoms with Crippen molar-refractivity contribution < 1.29 is 35.9 Å². The zero-order valence-corrected chi connectivity index (χ0v) is 18.3. The highest BCUT2D eigenvalue weighted by Crippen LogP contribution is 2.24. The van der Waals surface area contributed by atoms with Crippen LogP contribution in [0.3, 0.4) is 0 Å². The third-order valence-corrected chi connectivity index (χ3v) is 8.27. The van der Waals surface area contributed by atoms with Crippen molar-refractivity contribution in [2.45, 2.75) is 42.1 Å². The van der Waals surface area contributed by atoms with Crippen LogP contribution in [0, 0.1) is 5.92 Å². The van der Waals surface area contributed by atoms with Gasteiger partial charge >= 0.3 is 12.3 Å². The molecule has 0 radical (unpaired) electrons. The molecule has 8 nitrogen and oxygen atoms in total. The van der Waals surface area contributed by atoms with Gasteiger partial charge in [0.25, 0.3) is 0 Å². The minimum Gasteiger partial charge on any atom is -0.440 e. The maximum atomic E-state index is 12.8. The van der Waals surface area contributed by atoms with Crippen molar-refractivity contribution in [3.8, 4) is 0 Å². The highest BCUT2D eigenvalue weighted by atomic mass is 32.2. The van der Waals surface area contributed by atoms with Crippen LogP contribution in [-0.2, 0) is 19.6 Å². The number of nitrogens with one attached hydrogen (secondary N) is 1. The zero-order valence-electron chi connectivity index (χ0n) is 16.6. The van der Waals surface area contributed by atoms with Crippen LogP contribution < -0.4 is 4.72 Å². The number of hydrogen-bond donors (Lipinski definition) is 1.